The monoisotopic (exact) mass is 234 g/mol. The molecule has 0 aliphatic rings. The highest BCUT2D eigenvalue weighted by atomic mass is 19.4. The minimum Gasteiger partial charge on any atom is -0.478 e. The third kappa shape index (κ3) is 3.23. The normalized spacial score (nSPS) is 11.5. The maximum atomic E-state index is 12.2. The summed E-state index contributed by atoms with van der Waals surface area (Å²) >= 11 is 0. The quantitative estimate of drug-likeness (QED) is 0.840. The second-order valence-corrected chi connectivity index (χ2v) is 3.25. The van der Waals surface area contributed by atoms with Crippen molar-refractivity contribution in [1.82, 2.24) is 0 Å². The van der Waals surface area contributed by atoms with Gasteiger partial charge in [0.15, 0.2) is 0 Å². The molecule has 1 aromatic carbocycles. The Hall–Kier alpha value is -1.56. The number of hydrogen-bond donors (Lipinski definition) is 2. The topological polar surface area (TPSA) is 57.5 Å². The fraction of sp³-hybridized carbons (Fsp3) is 0.300. The highest BCUT2D eigenvalue weighted by Crippen LogP contribution is 2.24. The van der Waals surface area contributed by atoms with Crippen LogP contribution in [-0.2, 0) is 13.0 Å². The molecule has 0 unspecified atom stereocenters. The van der Waals surface area contributed by atoms with Crippen LogP contribution in [0.25, 0.3) is 0 Å². The average molecular weight is 234 g/mol. The molecule has 16 heavy (non-hydrogen) atoms. The van der Waals surface area contributed by atoms with E-state index >= 15 is 0 Å². The van der Waals surface area contributed by atoms with E-state index in [2.05, 4.69) is 0 Å². The Morgan fingerprint density at radius 3 is 2.38 bits per heavy atom. The van der Waals surface area contributed by atoms with Gasteiger partial charge in [-0.1, -0.05) is 12.1 Å². The molecule has 0 aliphatic carbocycles. The van der Waals surface area contributed by atoms with Gasteiger partial charge in [-0.25, -0.2) is 4.79 Å². The second kappa shape index (κ2) is 4.52. The van der Waals surface area contributed by atoms with Crippen LogP contribution in [0.2, 0.25) is 0 Å². The van der Waals surface area contributed by atoms with Crippen molar-refractivity contribution >= 4 is 5.97 Å². The minimum absolute atomic E-state index is 0.254. The molecule has 0 bridgehead atoms. The molecule has 0 aliphatic heterocycles. The molecule has 0 atom stereocenters. The SMILES string of the molecule is O=C(O)c1ccc(CO)cc1CC(F)(F)F. The van der Waals surface area contributed by atoms with Crippen LogP contribution in [0.15, 0.2) is 18.2 Å². The Bertz CT molecular complexity index is 399. The van der Waals surface area contributed by atoms with Crippen molar-refractivity contribution in [3.05, 3.63) is 34.9 Å². The molecule has 2 N–H and O–H groups in total. The standard InChI is InChI=1S/C10H9F3O3/c11-10(12,13)4-7-3-6(5-14)1-2-8(7)9(15)16/h1-3,14H,4-5H2,(H,15,16). The summed E-state index contributed by atoms with van der Waals surface area (Å²) in [5.74, 6) is -1.41. The Labute approximate surface area is 89.1 Å². The van der Waals surface area contributed by atoms with Crippen LogP contribution in [0.5, 0.6) is 0 Å². The zero-order valence-electron chi connectivity index (χ0n) is 8.08. The summed E-state index contributed by atoms with van der Waals surface area (Å²) in [4.78, 5) is 10.7. The van der Waals surface area contributed by atoms with Crippen LogP contribution in [0.4, 0.5) is 13.2 Å². The van der Waals surface area contributed by atoms with E-state index in [1.807, 2.05) is 0 Å². The van der Waals surface area contributed by atoms with Crippen LogP contribution >= 0.6 is 0 Å². The number of rotatable bonds is 3. The van der Waals surface area contributed by atoms with Crippen LogP contribution in [-0.4, -0.2) is 22.4 Å². The van der Waals surface area contributed by atoms with Crippen LogP contribution in [0, 0.1) is 0 Å². The van der Waals surface area contributed by atoms with E-state index in [0.717, 1.165) is 12.1 Å². The van der Waals surface area contributed by atoms with Gasteiger partial charge in [0.05, 0.1) is 18.6 Å². The van der Waals surface area contributed by atoms with Gasteiger partial charge in [-0.3, -0.25) is 0 Å². The molecule has 0 saturated heterocycles. The van der Waals surface area contributed by atoms with E-state index in [9.17, 15) is 18.0 Å². The number of aromatic carboxylic acids is 1. The Kier molecular flexibility index (Phi) is 3.54. The van der Waals surface area contributed by atoms with E-state index in [1.165, 1.54) is 6.07 Å². The molecule has 3 nitrogen and oxygen atoms in total. The summed E-state index contributed by atoms with van der Waals surface area (Å²) in [6, 6.07) is 3.40. The van der Waals surface area contributed by atoms with Crippen LogP contribution in [0.1, 0.15) is 21.5 Å². The van der Waals surface area contributed by atoms with Crippen molar-refractivity contribution in [1.29, 1.82) is 0 Å². The fourth-order valence-electron chi connectivity index (χ4n) is 1.32. The number of aliphatic hydroxyl groups excluding tert-OH is 1. The lowest BCUT2D eigenvalue weighted by atomic mass is 10.0. The van der Waals surface area contributed by atoms with Crippen molar-refractivity contribution in [2.24, 2.45) is 0 Å². The van der Waals surface area contributed by atoms with Crippen LogP contribution in [0.3, 0.4) is 0 Å². The molecular formula is C10H9F3O3. The van der Waals surface area contributed by atoms with E-state index in [4.69, 9.17) is 10.2 Å². The first-order valence-corrected chi connectivity index (χ1v) is 4.36. The summed E-state index contributed by atoms with van der Waals surface area (Å²) in [6.07, 6.45) is -5.79. The van der Waals surface area contributed by atoms with Gasteiger partial charge in [-0.15, -0.1) is 0 Å². The predicted molar refractivity (Wildman–Crippen MR) is 49.1 cm³/mol. The summed E-state index contributed by atoms with van der Waals surface area (Å²) in [5.41, 5.74) is -0.481. The third-order valence-corrected chi connectivity index (χ3v) is 1.97. The Morgan fingerprint density at radius 1 is 1.31 bits per heavy atom. The first-order chi connectivity index (χ1) is 7.33. The second-order valence-electron chi connectivity index (χ2n) is 3.25. The largest absolute Gasteiger partial charge is 0.478 e. The Balaban J connectivity index is 3.15. The van der Waals surface area contributed by atoms with E-state index in [-0.39, 0.29) is 11.1 Å². The first kappa shape index (κ1) is 12.5. The van der Waals surface area contributed by atoms with Crippen molar-refractivity contribution in [3.63, 3.8) is 0 Å². The zero-order chi connectivity index (χ0) is 12.3. The van der Waals surface area contributed by atoms with Crippen LogP contribution < -0.4 is 0 Å². The van der Waals surface area contributed by atoms with Gasteiger partial charge in [0, 0.05) is 0 Å². The highest BCUT2D eigenvalue weighted by Gasteiger charge is 2.30. The number of carboxylic acids is 1. The van der Waals surface area contributed by atoms with Gasteiger partial charge in [0.2, 0.25) is 0 Å². The molecule has 6 heteroatoms. The lowest BCUT2D eigenvalue weighted by Gasteiger charge is -2.10. The summed E-state index contributed by atoms with van der Waals surface area (Å²) in [5, 5.41) is 17.5. The number of carbonyl (C=O) groups is 1. The minimum atomic E-state index is -4.47. The van der Waals surface area contributed by atoms with Gasteiger partial charge < -0.3 is 10.2 Å². The molecule has 0 saturated carbocycles. The fourth-order valence-corrected chi connectivity index (χ4v) is 1.32. The molecule has 88 valence electrons. The molecule has 0 amide bonds. The van der Waals surface area contributed by atoms with Crippen molar-refractivity contribution in [3.8, 4) is 0 Å². The number of hydrogen-bond acceptors (Lipinski definition) is 2. The molecule has 0 aromatic heterocycles. The molecule has 0 spiro atoms. The number of aliphatic hydroxyl groups is 1. The number of carboxylic acid groups (broad SMARTS) is 1. The Morgan fingerprint density at radius 2 is 1.94 bits per heavy atom. The van der Waals surface area contributed by atoms with E-state index in [1.54, 1.807) is 0 Å². The lowest BCUT2D eigenvalue weighted by molar-refractivity contribution is -0.127. The summed E-state index contributed by atoms with van der Waals surface area (Å²) < 4.78 is 36.5. The average Bonchev–Trinajstić information content (AvgIpc) is 2.14. The maximum Gasteiger partial charge on any atom is 0.393 e. The number of benzene rings is 1. The van der Waals surface area contributed by atoms with Crippen molar-refractivity contribution in [2.75, 3.05) is 0 Å². The maximum absolute atomic E-state index is 12.2. The molecule has 0 fully saturated rings. The zero-order valence-corrected chi connectivity index (χ0v) is 8.08. The molecule has 0 heterocycles. The molecule has 1 aromatic rings. The van der Waals surface area contributed by atoms with E-state index in [0.29, 0.717) is 0 Å². The smallest absolute Gasteiger partial charge is 0.393 e. The lowest BCUT2D eigenvalue weighted by Crippen LogP contribution is -2.15. The van der Waals surface area contributed by atoms with Crippen molar-refractivity contribution in [2.45, 2.75) is 19.2 Å². The third-order valence-electron chi connectivity index (χ3n) is 1.97. The molecule has 1 rings (SSSR count). The summed E-state index contributed by atoms with van der Waals surface area (Å²) in [7, 11) is 0. The highest BCUT2D eigenvalue weighted by molar-refractivity contribution is 5.89. The first-order valence-electron chi connectivity index (χ1n) is 4.36. The summed E-state index contributed by atoms with van der Waals surface area (Å²) in [6.45, 7) is -0.426. The van der Waals surface area contributed by atoms with Gasteiger partial charge >= 0.3 is 12.1 Å². The van der Waals surface area contributed by atoms with Gasteiger partial charge in [0.25, 0.3) is 0 Å². The van der Waals surface area contributed by atoms with Gasteiger partial charge in [0.1, 0.15) is 0 Å². The molecule has 0 radical (unpaired) electrons. The predicted octanol–water partition coefficient (Wildman–Crippen LogP) is 1.98. The van der Waals surface area contributed by atoms with Crippen molar-refractivity contribution < 1.29 is 28.2 Å². The molecular weight excluding hydrogens is 225 g/mol. The number of halogens is 3. The van der Waals surface area contributed by atoms with E-state index < -0.39 is 30.7 Å². The number of alkyl halides is 3. The van der Waals surface area contributed by atoms with Gasteiger partial charge in [-0.05, 0) is 17.2 Å². The van der Waals surface area contributed by atoms with Gasteiger partial charge in [-0.2, -0.15) is 13.2 Å².